The van der Waals surface area contributed by atoms with E-state index in [0.717, 1.165) is 12.1 Å². The number of rotatable bonds is 3. The van der Waals surface area contributed by atoms with E-state index in [1.54, 1.807) is 0 Å². The van der Waals surface area contributed by atoms with Gasteiger partial charge in [0.25, 0.3) is 5.91 Å². The summed E-state index contributed by atoms with van der Waals surface area (Å²) in [5.41, 5.74) is 0.238. The van der Waals surface area contributed by atoms with Crippen molar-refractivity contribution in [2.24, 2.45) is 0 Å². The summed E-state index contributed by atoms with van der Waals surface area (Å²) < 4.78 is 39.3. The SMILES string of the molecule is CN(Cc1ccc(F)c(F)c1)C(=O)c1cccnc1F. The predicted octanol–water partition coefficient (Wildman–Crippen LogP) is 2.77. The standard InChI is InChI=1S/C14H11F3N2O/c1-19(8-9-4-5-11(15)12(16)7-9)14(20)10-3-2-6-18-13(10)17/h2-7H,8H2,1H3. The second kappa shape index (κ2) is 5.73. The van der Waals surface area contributed by atoms with Crippen molar-refractivity contribution >= 4 is 5.91 Å². The molecule has 2 aromatic rings. The Morgan fingerprint density at radius 3 is 2.60 bits per heavy atom. The van der Waals surface area contributed by atoms with Crippen LogP contribution >= 0.6 is 0 Å². The summed E-state index contributed by atoms with van der Waals surface area (Å²) in [5.74, 6) is -3.40. The van der Waals surface area contributed by atoms with Gasteiger partial charge in [0.1, 0.15) is 0 Å². The van der Waals surface area contributed by atoms with Gasteiger partial charge in [-0.25, -0.2) is 13.8 Å². The van der Waals surface area contributed by atoms with Crippen LogP contribution < -0.4 is 0 Å². The average molecular weight is 280 g/mol. The van der Waals surface area contributed by atoms with E-state index in [9.17, 15) is 18.0 Å². The average Bonchev–Trinajstić information content (AvgIpc) is 2.42. The molecule has 2 rings (SSSR count). The van der Waals surface area contributed by atoms with E-state index in [4.69, 9.17) is 0 Å². The number of hydrogen-bond acceptors (Lipinski definition) is 2. The first-order chi connectivity index (χ1) is 9.49. The van der Waals surface area contributed by atoms with Crippen LogP contribution in [0.4, 0.5) is 13.2 Å². The molecule has 0 aliphatic rings. The minimum Gasteiger partial charge on any atom is -0.337 e. The van der Waals surface area contributed by atoms with Gasteiger partial charge in [0.05, 0.1) is 5.56 Å². The Morgan fingerprint density at radius 1 is 1.20 bits per heavy atom. The maximum atomic E-state index is 13.4. The number of carbonyl (C=O) groups excluding carboxylic acids is 1. The number of nitrogens with zero attached hydrogens (tertiary/aromatic N) is 2. The van der Waals surface area contributed by atoms with Crippen molar-refractivity contribution < 1.29 is 18.0 Å². The summed E-state index contributed by atoms with van der Waals surface area (Å²) in [6, 6.07) is 6.10. The smallest absolute Gasteiger partial charge is 0.258 e. The fraction of sp³-hybridized carbons (Fsp3) is 0.143. The summed E-state index contributed by atoms with van der Waals surface area (Å²) in [6.45, 7) is 0.0321. The lowest BCUT2D eigenvalue weighted by atomic mass is 10.2. The van der Waals surface area contributed by atoms with Crippen LogP contribution in [0.1, 0.15) is 15.9 Å². The van der Waals surface area contributed by atoms with Crippen LogP contribution in [0, 0.1) is 17.6 Å². The Kier molecular flexibility index (Phi) is 4.02. The lowest BCUT2D eigenvalue weighted by molar-refractivity contribution is 0.0779. The largest absolute Gasteiger partial charge is 0.337 e. The molecule has 104 valence electrons. The van der Waals surface area contributed by atoms with E-state index in [1.807, 2.05) is 0 Å². The predicted molar refractivity (Wildman–Crippen MR) is 66.4 cm³/mol. The highest BCUT2D eigenvalue weighted by Gasteiger charge is 2.17. The molecular weight excluding hydrogens is 269 g/mol. The molecule has 20 heavy (non-hydrogen) atoms. The minimum absolute atomic E-state index is 0.0321. The van der Waals surface area contributed by atoms with Gasteiger partial charge in [-0.3, -0.25) is 4.79 Å². The van der Waals surface area contributed by atoms with Gasteiger partial charge in [-0.15, -0.1) is 0 Å². The Bertz CT molecular complexity index is 646. The van der Waals surface area contributed by atoms with Crippen LogP contribution in [0.5, 0.6) is 0 Å². The molecule has 0 aliphatic carbocycles. The summed E-state index contributed by atoms with van der Waals surface area (Å²) in [5, 5.41) is 0. The Labute approximate surface area is 113 Å². The maximum absolute atomic E-state index is 13.4. The fourth-order valence-electron chi connectivity index (χ4n) is 1.73. The van der Waals surface area contributed by atoms with Gasteiger partial charge in [-0.05, 0) is 29.8 Å². The van der Waals surface area contributed by atoms with Gasteiger partial charge in [0.2, 0.25) is 5.95 Å². The molecule has 1 heterocycles. The van der Waals surface area contributed by atoms with Crippen LogP contribution in [-0.2, 0) is 6.54 Å². The number of carbonyl (C=O) groups is 1. The normalized spacial score (nSPS) is 10.4. The first-order valence-corrected chi connectivity index (χ1v) is 5.79. The van der Waals surface area contributed by atoms with Crippen molar-refractivity contribution in [3.05, 3.63) is 65.2 Å². The molecule has 1 aromatic heterocycles. The van der Waals surface area contributed by atoms with Crippen molar-refractivity contribution in [2.75, 3.05) is 7.05 Å². The summed E-state index contributed by atoms with van der Waals surface area (Å²) in [4.78, 5) is 16.6. The van der Waals surface area contributed by atoms with Crippen molar-refractivity contribution in [3.8, 4) is 0 Å². The van der Waals surface area contributed by atoms with Gasteiger partial charge in [-0.2, -0.15) is 4.39 Å². The highest BCUT2D eigenvalue weighted by molar-refractivity contribution is 5.93. The molecule has 0 fully saturated rings. The third-order valence-corrected chi connectivity index (χ3v) is 2.74. The van der Waals surface area contributed by atoms with E-state index in [1.165, 1.54) is 36.3 Å². The number of hydrogen-bond donors (Lipinski definition) is 0. The molecule has 0 bridgehead atoms. The molecule has 0 saturated heterocycles. The Balaban J connectivity index is 2.15. The molecule has 0 unspecified atom stereocenters. The van der Waals surface area contributed by atoms with Gasteiger partial charge in [0.15, 0.2) is 11.6 Å². The first-order valence-electron chi connectivity index (χ1n) is 5.79. The van der Waals surface area contributed by atoms with E-state index >= 15 is 0 Å². The molecule has 0 saturated carbocycles. The monoisotopic (exact) mass is 280 g/mol. The van der Waals surface area contributed by atoms with Crippen LogP contribution in [-0.4, -0.2) is 22.8 Å². The lowest BCUT2D eigenvalue weighted by Gasteiger charge is -2.17. The van der Waals surface area contributed by atoms with Crippen molar-refractivity contribution in [3.63, 3.8) is 0 Å². The molecule has 0 spiro atoms. The highest BCUT2D eigenvalue weighted by atomic mass is 19.2. The first kappa shape index (κ1) is 14.0. The Hall–Kier alpha value is -2.37. The van der Waals surface area contributed by atoms with Crippen molar-refractivity contribution in [2.45, 2.75) is 6.54 Å². The van der Waals surface area contributed by atoms with Gasteiger partial charge in [-0.1, -0.05) is 6.07 Å². The van der Waals surface area contributed by atoms with Crippen molar-refractivity contribution in [1.82, 2.24) is 9.88 Å². The van der Waals surface area contributed by atoms with E-state index < -0.39 is 23.5 Å². The topological polar surface area (TPSA) is 33.2 Å². The zero-order valence-electron chi connectivity index (χ0n) is 10.6. The van der Waals surface area contributed by atoms with Crippen LogP contribution in [0.3, 0.4) is 0 Å². The molecule has 3 nitrogen and oxygen atoms in total. The summed E-state index contributed by atoms with van der Waals surface area (Å²) in [7, 11) is 1.44. The summed E-state index contributed by atoms with van der Waals surface area (Å²) in [6.07, 6.45) is 1.24. The molecule has 1 amide bonds. The second-order valence-corrected chi connectivity index (χ2v) is 4.25. The van der Waals surface area contributed by atoms with E-state index in [-0.39, 0.29) is 12.1 Å². The maximum Gasteiger partial charge on any atom is 0.258 e. The molecule has 0 N–H and O–H groups in total. The number of benzene rings is 1. The Morgan fingerprint density at radius 2 is 1.95 bits per heavy atom. The zero-order valence-corrected chi connectivity index (χ0v) is 10.6. The quantitative estimate of drug-likeness (QED) is 0.810. The van der Waals surface area contributed by atoms with E-state index in [2.05, 4.69) is 4.98 Å². The molecule has 6 heteroatoms. The lowest BCUT2D eigenvalue weighted by Crippen LogP contribution is -2.27. The molecule has 0 aliphatic heterocycles. The molecule has 0 radical (unpaired) electrons. The number of amides is 1. The molecular formula is C14H11F3N2O. The number of pyridine rings is 1. The van der Waals surface area contributed by atoms with E-state index in [0.29, 0.717) is 5.56 Å². The number of aromatic nitrogens is 1. The van der Waals surface area contributed by atoms with Crippen LogP contribution in [0.25, 0.3) is 0 Å². The van der Waals surface area contributed by atoms with Crippen LogP contribution in [0.15, 0.2) is 36.5 Å². The molecule has 0 atom stereocenters. The summed E-state index contributed by atoms with van der Waals surface area (Å²) >= 11 is 0. The zero-order chi connectivity index (χ0) is 14.7. The number of halogens is 3. The minimum atomic E-state index is -0.990. The third kappa shape index (κ3) is 2.96. The van der Waals surface area contributed by atoms with Gasteiger partial charge >= 0.3 is 0 Å². The van der Waals surface area contributed by atoms with Gasteiger partial charge in [0, 0.05) is 19.8 Å². The van der Waals surface area contributed by atoms with Crippen molar-refractivity contribution in [1.29, 1.82) is 0 Å². The van der Waals surface area contributed by atoms with Crippen LogP contribution in [0.2, 0.25) is 0 Å². The molecule has 1 aromatic carbocycles. The van der Waals surface area contributed by atoms with Gasteiger partial charge < -0.3 is 4.90 Å². The third-order valence-electron chi connectivity index (χ3n) is 2.74. The fourth-order valence-corrected chi connectivity index (χ4v) is 1.73. The second-order valence-electron chi connectivity index (χ2n) is 4.25. The highest BCUT2D eigenvalue weighted by Crippen LogP contribution is 2.13.